The van der Waals surface area contributed by atoms with E-state index in [-0.39, 0.29) is 10.8 Å². The molecule has 5 nitrogen and oxygen atoms in total. The van der Waals surface area contributed by atoms with Crippen LogP contribution in [0.3, 0.4) is 0 Å². The second-order valence-corrected chi connectivity index (χ2v) is 22.4. The van der Waals surface area contributed by atoms with Gasteiger partial charge in [-0.25, -0.2) is 0 Å². The molecule has 0 aliphatic carbocycles. The average Bonchev–Trinajstić information content (AvgIpc) is 4.05. The standard InChI is InChI=1S/C70H56ClN3O2/c1-69(2,3)47-28-33-49(34-29-47)73(62-21-14-22-63(68(62)71)74(50-35-30-48(31-36-50)70(4,5)6)55-37-39-59-57-19-9-11-23-64(57)76-67(59)44-55)52-17-13-16-51(41-52)72(54-38-40-66-61(43-54)58-20-10-12-24-65(58)75-66)53-32-27-46-26-25-45-15-7-8-18-56(45)60(46)42-53/h7-44H,1-6H3. The fourth-order valence-corrected chi connectivity index (χ4v) is 11.3. The number of nitrogens with zero attached hydrogens (tertiary/aromatic N) is 3. The van der Waals surface area contributed by atoms with Crippen LogP contribution in [0.2, 0.25) is 5.02 Å². The summed E-state index contributed by atoms with van der Waals surface area (Å²) in [5.74, 6) is 0. The van der Waals surface area contributed by atoms with Gasteiger partial charge in [-0.1, -0.05) is 168 Å². The second-order valence-electron chi connectivity index (χ2n) is 22.0. The summed E-state index contributed by atoms with van der Waals surface area (Å²) in [6, 6.07) is 82.3. The maximum absolute atomic E-state index is 8.05. The van der Waals surface area contributed by atoms with E-state index in [1.807, 2.05) is 24.3 Å². The minimum absolute atomic E-state index is 0.0235. The van der Waals surface area contributed by atoms with Crippen molar-refractivity contribution in [2.45, 2.75) is 52.4 Å². The lowest BCUT2D eigenvalue weighted by Gasteiger charge is -2.32. The van der Waals surface area contributed by atoms with E-state index in [1.165, 1.54) is 32.7 Å². The Morgan fingerprint density at radius 2 is 0.697 bits per heavy atom. The number of anilines is 9. The minimum atomic E-state index is -0.0437. The van der Waals surface area contributed by atoms with Crippen LogP contribution in [0.25, 0.3) is 65.4 Å². The van der Waals surface area contributed by atoms with E-state index < -0.39 is 0 Å². The first-order valence-electron chi connectivity index (χ1n) is 26.1. The minimum Gasteiger partial charge on any atom is -0.456 e. The third-order valence-electron chi connectivity index (χ3n) is 15.0. The Balaban J connectivity index is 1.01. The smallest absolute Gasteiger partial charge is 0.137 e. The molecule has 0 fully saturated rings. The Morgan fingerprint density at radius 1 is 0.289 bits per heavy atom. The number of hydrogen-bond acceptors (Lipinski definition) is 5. The molecule has 11 aromatic carbocycles. The Bertz CT molecular complexity index is 4350. The highest BCUT2D eigenvalue weighted by molar-refractivity contribution is 6.36. The lowest BCUT2D eigenvalue weighted by atomic mass is 9.87. The van der Waals surface area contributed by atoms with E-state index in [4.69, 9.17) is 20.4 Å². The van der Waals surface area contributed by atoms with Crippen LogP contribution in [0.5, 0.6) is 0 Å². The zero-order valence-electron chi connectivity index (χ0n) is 43.5. The molecule has 76 heavy (non-hydrogen) atoms. The predicted molar refractivity (Wildman–Crippen MR) is 322 cm³/mol. The molecule has 0 atom stereocenters. The van der Waals surface area contributed by atoms with Crippen molar-refractivity contribution >= 4 is 128 Å². The molecule has 6 heteroatoms. The van der Waals surface area contributed by atoms with Crippen LogP contribution in [-0.4, -0.2) is 0 Å². The van der Waals surface area contributed by atoms with Crippen molar-refractivity contribution in [2.75, 3.05) is 14.7 Å². The Kier molecular flexibility index (Phi) is 11.3. The zero-order valence-corrected chi connectivity index (χ0v) is 44.2. The van der Waals surface area contributed by atoms with Crippen molar-refractivity contribution in [1.82, 2.24) is 0 Å². The van der Waals surface area contributed by atoms with Gasteiger partial charge in [0.2, 0.25) is 0 Å². The molecule has 0 N–H and O–H groups in total. The Hall–Kier alpha value is -8.77. The maximum Gasteiger partial charge on any atom is 0.137 e. The first-order valence-corrected chi connectivity index (χ1v) is 26.5. The topological polar surface area (TPSA) is 36.0 Å². The van der Waals surface area contributed by atoms with Crippen molar-refractivity contribution in [3.63, 3.8) is 0 Å². The van der Waals surface area contributed by atoms with Crippen LogP contribution in [0.15, 0.2) is 239 Å². The van der Waals surface area contributed by atoms with Gasteiger partial charge in [0.25, 0.3) is 0 Å². The molecule has 2 aromatic heterocycles. The summed E-state index contributed by atoms with van der Waals surface area (Å²) >= 11 is 8.05. The SMILES string of the molecule is CC(C)(C)c1ccc(N(c2cccc(N(c3ccc4ccc5ccccc5c4c3)c3ccc4oc5ccccc5c4c3)c2)c2cccc(N(c3ccc(C(C)(C)C)cc3)c3ccc4c(c3)oc3ccccc34)c2Cl)cc1. The molecule has 0 bridgehead atoms. The second kappa shape index (κ2) is 18.3. The number of fused-ring (bicyclic) bond motifs is 9. The molecule has 2 heterocycles. The van der Waals surface area contributed by atoms with Gasteiger partial charge in [0.1, 0.15) is 22.3 Å². The fourth-order valence-electron chi connectivity index (χ4n) is 11.0. The largest absolute Gasteiger partial charge is 0.456 e. The maximum atomic E-state index is 8.05. The highest BCUT2D eigenvalue weighted by Crippen LogP contribution is 2.49. The average molecular weight is 1010 g/mol. The van der Waals surface area contributed by atoms with Crippen molar-refractivity contribution in [3.05, 3.63) is 247 Å². The summed E-state index contributed by atoms with van der Waals surface area (Å²) in [4.78, 5) is 6.91. The van der Waals surface area contributed by atoms with Crippen molar-refractivity contribution in [2.24, 2.45) is 0 Å². The molecule has 13 rings (SSSR count). The van der Waals surface area contributed by atoms with E-state index in [0.29, 0.717) is 5.02 Å². The van der Waals surface area contributed by atoms with Crippen LogP contribution < -0.4 is 14.7 Å². The van der Waals surface area contributed by atoms with Gasteiger partial charge < -0.3 is 23.5 Å². The van der Waals surface area contributed by atoms with Crippen molar-refractivity contribution in [1.29, 1.82) is 0 Å². The first kappa shape index (κ1) is 47.0. The van der Waals surface area contributed by atoms with Gasteiger partial charge in [-0.3, -0.25) is 0 Å². The monoisotopic (exact) mass is 1010 g/mol. The molecule has 0 radical (unpaired) electrons. The normalized spacial score (nSPS) is 12.1. The molecule has 0 saturated carbocycles. The summed E-state index contributed by atoms with van der Waals surface area (Å²) in [5, 5.41) is 9.66. The van der Waals surface area contributed by atoms with Crippen LogP contribution in [0.4, 0.5) is 51.2 Å². The third kappa shape index (κ3) is 8.28. The number of para-hydroxylation sites is 2. The van der Waals surface area contributed by atoms with Crippen molar-refractivity contribution in [3.8, 4) is 0 Å². The molecule has 370 valence electrons. The van der Waals surface area contributed by atoms with Gasteiger partial charge in [-0.15, -0.1) is 0 Å². The van der Waals surface area contributed by atoms with Crippen molar-refractivity contribution < 1.29 is 8.83 Å². The summed E-state index contributed by atoms with van der Waals surface area (Å²) in [6.07, 6.45) is 0. The number of rotatable bonds is 9. The molecule has 0 spiro atoms. The van der Waals surface area contributed by atoms with Gasteiger partial charge in [0.15, 0.2) is 0 Å². The first-order chi connectivity index (χ1) is 36.8. The fraction of sp³-hybridized carbons (Fsp3) is 0.114. The molecule has 0 saturated heterocycles. The van der Waals surface area contributed by atoms with Crippen LogP contribution in [0.1, 0.15) is 52.7 Å². The molecule has 0 unspecified atom stereocenters. The van der Waals surface area contributed by atoms with Crippen LogP contribution in [-0.2, 0) is 10.8 Å². The van der Waals surface area contributed by atoms with Crippen LogP contribution >= 0.6 is 11.6 Å². The molecule has 0 aliphatic heterocycles. The summed E-state index contributed by atoms with van der Waals surface area (Å²) < 4.78 is 12.9. The Labute approximate surface area is 448 Å². The van der Waals surface area contributed by atoms with Gasteiger partial charge in [0.05, 0.1) is 16.4 Å². The lowest BCUT2D eigenvalue weighted by molar-refractivity contribution is 0.590. The van der Waals surface area contributed by atoms with E-state index in [0.717, 1.165) is 95.1 Å². The zero-order chi connectivity index (χ0) is 51.9. The summed E-state index contributed by atoms with van der Waals surface area (Å²) in [5.41, 5.74) is 14.3. The summed E-state index contributed by atoms with van der Waals surface area (Å²) in [7, 11) is 0. The highest BCUT2D eigenvalue weighted by atomic mass is 35.5. The molecular formula is C70H56ClN3O2. The van der Waals surface area contributed by atoms with Gasteiger partial charge in [0, 0.05) is 67.4 Å². The number of hydrogen-bond donors (Lipinski definition) is 0. The van der Waals surface area contributed by atoms with Crippen LogP contribution in [0, 0.1) is 0 Å². The van der Waals surface area contributed by atoms with Gasteiger partial charge in [-0.05, 0) is 153 Å². The van der Waals surface area contributed by atoms with E-state index in [9.17, 15) is 0 Å². The quantitative estimate of drug-likeness (QED) is 0.135. The molecular weight excluding hydrogens is 950 g/mol. The number of halogens is 1. The molecule has 0 amide bonds. The van der Waals surface area contributed by atoms with E-state index in [2.05, 4.69) is 262 Å². The predicted octanol–water partition coefficient (Wildman–Crippen LogP) is 21.4. The Morgan fingerprint density at radius 3 is 1.32 bits per heavy atom. The number of furan rings is 2. The highest BCUT2D eigenvalue weighted by Gasteiger charge is 2.26. The third-order valence-corrected chi connectivity index (χ3v) is 15.4. The lowest BCUT2D eigenvalue weighted by Crippen LogP contribution is -2.16. The number of benzene rings is 11. The van der Waals surface area contributed by atoms with E-state index >= 15 is 0 Å². The summed E-state index contributed by atoms with van der Waals surface area (Å²) in [6.45, 7) is 13.5. The van der Waals surface area contributed by atoms with Gasteiger partial charge >= 0.3 is 0 Å². The molecule has 0 aliphatic rings. The molecule has 13 aromatic rings. The van der Waals surface area contributed by atoms with Gasteiger partial charge in [-0.2, -0.15) is 0 Å². The van der Waals surface area contributed by atoms with E-state index in [1.54, 1.807) is 0 Å².